The summed E-state index contributed by atoms with van der Waals surface area (Å²) in [5.74, 6) is 1.10. The lowest BCUT2D eigenvalue weighted by atomic mass is 9.89. The number of anilines is 1. The summed E-state index contributed by atoms with van der Waals surface area (Å²) in [6.07, 6.45) is 1.96. The number of para-hydroxylation sites is 1. The summed E-state index contributed by atoms with van der Waals surface area (Å²) in [6, 6.07) is 25.7. The van der Waals surface area contributed by atoms with E-state index in [0.29, 0.717) is 25.2 Å². The lowest BCUT2D eigenvalue weighted by Crippen LogP contribution is -2.48. The Bertz CT molecular complexity index is 1190. The van der Waals surface area contributed by atoms with Crippen LogP contribution in [0.1, 0.15) is 45.0 Å². The van der Waals surface area contributed by atoms with Crippen LogP contribution in [0.25, 0.3) is 0 Å². The number of ether oxygens (including phenoxy) is 1. The molecule has 186 valence electrons. The molecule has 0 bridgehead atoms. The first-order chi connectivity index (χ1) is 17.6. The first-order valence-electron chi connectivity index (χ1n) is 12.7. The van der Waals surface area contributed by atoms with Gasteiger partial charge in [-0.2, -0.15) is 0 Å². The summed E-state index contributed by atoms with van der Waals surface area (Å²) in [5.41, 5.74) is 3.75. The number of piperazine rings is 1. The Balaban J connectivity index is 1.23. The summed E-state index contributed by atoms with van der Waals surface area (Å²) in [7, 11) is 1.62. The van der Waals surface area contributed by atoms with Crippen molar-refractivity contribution in [3.63, 3.8) is 0 Å². The molecule has 0 saturated carbocycles. The standard InChI is InChI=1S/C30H33N3O3/c1-36-28-14-12-23(13-15-28)29(34)33-16-6-9-26(22-33)24-7-5-8-25(21-24)30(35)32-19-17-31(18-20-32)27-10-3-2-4-11-27/h2-5,7-8,10-15,21,26H,6,9,16-20,22H2,1H3/t26-/m0/s1. The second-order valence-corrected chi connectivity index (χ2v) is 9.56. The monoisotopic (exact) mass is 483 g/mol. The fourth-order valence-electron chi connectivity index (χ4n) is 5.26. The van der Waals surface area contributed by atoms with Crippen LogP contribution in [0.5, 0.6) is 5.75 Å². The van der Waals surface area contributed by atoms with E-state index in [1.54, 1.807) is 7.11 Å². The smallest absolute Gasteiger partial charge is 0.253 e. The highest BCUT2D eigenvalue weighted by Crippen LogP contribution is 2.29. The third-order valence-electron chi connectivity index (χ3n) is 7.34. The first-order valence-corrected chi connectivity index (χ1v) is 12.7. The Morgan fingerprint density at radius 3 is 2.19 bits per heavy atom. The van der Waals surface area contributed by atoms with Crippen LogP contribution in [0, 0.1) is 0 Å². The molecule has 6 nitrogen and oxygen atoms in total. The van der Waals surface area contributed by atoms with Crippen molar-refractivity contribution in [2.75, 3.05) is 51.3 Å². The van der Waals surface area contributed by atoms with Crippen molar-refractivity contribution in [2.24, 2.45) is 0 Å². The van der Waals surface area contributed by atoms with Crippen LogP contribution in [0.4, 0.5) is 5.69 Å². The van der Waals surface area contributed by atoms with E-state index >= 15 is 0 Å². The Kier molecular flexibility index (Phi) is 7.21. The van der Waals surface area contributed by atoms with E-state index in [-0.39, 0.29) is 17.7 Å². The maximum Gasteiger partial charge on any atom is 0.253 e. The number of amides is 2. The average Bonchev–Trinajstić information content (AvgIpc) is 2.97. The molecule has 2 fully saturated rings. The van der Waals surface area contributed by atoms with Crippen LogP contribution in [-0.4, -0.2) is 68.0 Å². The highest BCUT2D eigenvalue weighted by atomic mass is 16.5. The number of carbonyl (C=O) groups is 2. The van der Waals surface area contributed by atoms with Gasteiger partial charge in [0.2, 0.25) is 0 Å². The Labute approximate surface area is 213 Å². The maximum atomic E-state index is 13.3. The zero-order valence-corrected chi connectivity index (χ0v) is 20.8. The van der Waals surface area contributed by atoms with E-state index in [1.165, 1.54) is 5.69 Å². The lowest BCUT2D eigenvalue weighted by Gasteiger charge is -2.36. The topological polar surface area (TPSA) is 53.1 Å². The third-order valence-corrected chi connectivity index (χ3v) is 7.34. The fraction of sp³-hybridized carbons (Fsp3) is 0.333. The van der Waals surface area contributed by atoms with Crippen LogP contribution in [-0.2, 0) is 0 Å². The highest BCUT2D eigenvalue weighted by molar-refractivity contribution is 5.95. The van der Waals surface area contributed by atoms with Crippen LogP contribution in [0.15, 0.2) is 78.9 Å². The van der Waals surface area contributed by atoms with Gasteiger partial charge in [0.1, 0.15) is 5.75 Å². The predicted molar refractivity (Wildman–Crippen MR) is 142 cm³/mol. The van der Waals surface area contributed by atoms with Gasteiger partial charge in [0.25, 0.3) is 11.8 Å². The quantitative estimate of drug-likeness (QED) is 0.529. The molecule has 2 heterocycles. The van der Waals surface area contributed by atoms with E-state index < -0.39 is 0 Å². The summed E-state index contributed by atoms with van der Waals surface area (Å²) in [5, 5.41) is 0. The van der Waals surface area contributed by atoms with Crippen molar-refractivity contribution in [1.29, 1.82) is 0 Å². The number of rotatable bonds is 5. The number of carbonyl (C=O) groups excluding carboxylic acids is 2. The minimum Gasteiger partial charge on any atom is -0.497 e. The van der Waals surface area contributed by atoms with Crippen molar-refractivity contribution >= 4 is 17.5 Å². The zero-order valence-electron chi connectivity index (χ0n) is 20.8. The molecule has 2 amide bonds. The number of nitrogens with zero attached hydrogens (tertiary/aromatic N) is 3. The van der Waals surface area contributed by atoms with Gasteiger partial charge in [-0.15, -0.1) is 0 Å². The summed E-state index contributed by atoms with van der Waals surface area (Å²) < 4.78 is 5.21. The number of methoxy groups -OCH3 is 1. The highest BCUT2D eigenvalue weighted by Gasteiger charge is 2.27. The molecular weight excluding hydrogens is 450 g/mol. The molecule has 3 aromatic rings. The number of likely N-dealkylation sites (tertiary alicyclic amines) is 1. The van der Waals surface area contributed by atoms with Gasteiger partial charge in [0.05, 0.1) is 7.11 Å². The minimum atomic E-state index is 0.0471. The van der Waals surface area contributed by atoms with Gasteiger partial charge in [0, 0.05) is 62.0 Å². The fourth-order valence-corrected chi connectivity index (χ4v) is 5.26. The molecule has 0 aromatic heterocycles. The molecule has 0 radical (unpaired) electrons. The largest absolute Gasteiger partial charge is 0.497 e. The second kappa shape index (κ2) is 10.9. The Hall–Kier alpha value is -3.80. The van der Waals surface area contributed by atoms with Crippen molar-refractivity contribution in [3.05, 3.63) is 95.6 Å². The van der Waals surface area contributed by atoms with Crippen molar-refractivity contribution in [3.8, 4) is 5.75 Å². The molecule has 0 unspecified atom stereocenters. The average molecular weight is 484 g/mol. The van der Waals surface area contributed by atoms with Gasteiger partial charge >= 0.3 is 0 Å². The van der Waals surface area contributed by atoms with Crippen LogP contribution in [0.2, 0.25) is 0 Å². The number of hydrogen-bond acceptors (Lipinski definition) is 4. The summed E-state index contributed by atoms with van der Waals surface area (Å²) >= 11 is 0. The van der Waals surface area contributed by atoms with Crippen molar-refractivity contribution in [1.82, 2.24) is 9.80 Å². The number of piperidine rings is 1. The normalized spacial score (nSPS) is 18.1. The number of hydrogen-bond donors (Lipinski definition) is 0. The zero-order chi connectivity index (χ0) is 24.9. The summed E-state index contributed by atoms with van der Waals surface area (Å²) in [6.45, 7) is 4.52. The molecule has 3 aromatic carbocycles. The molecule has 2 saturated heterocycles. The molecule has 0 N–H and O–H groups in total. The van der Waals surface area contributed by atoms with Gasteiger partial charge in [-0.3, -0.25) is 9.59 Å². The molecule has 0 aliphatic carbocycles. The van der Waals surface area contributed by atoms with E-state index in [4.69, 9.17) is 4.74 Å². The van der Waals surface area contributed by atoms with Crippen LogP contribution >= 0.6 is 0 Å². The van der Waals surface area contributed by atoms with E-state index in [1.807, 2.05) is 58.3 Å². The van der Waals surface area contributed by atoms with Crippen molar-refractivity contribution in [2.45, 2.75) is 18.8 Å². The van der Waals surface area contributed by atoms with Gasteiger partial charge in [-0.25, -0.2) is 0 Å². The van der Waals surface area contributed by atoms with E-state index in [2.05, 4.69) is 35.2 Å². The molecule has 2 aliphatic heterocycles. The van der Waals surface area contributed by atoms with Gasteiger partial charge in [0.15, 0.2) is 0 Å². The second-order valence-electron chi connectivity index (χ2n) is 9.56. The van der Waals surface area contributed by atoms with E-state index in [9.17, 15) is 9.59 Å². The SMILES string of the molecule is COc1ccc(C(=O)N2CCC[C@H](c3cccc(C(=O)N4CCN(c5ccccc5)CC4)c3)C2)cc1. The van der Waals surface area contributed by atoms with Crippen LogP contribution < -0.4 is 9.64 Å². The molecule has 5 rings (SSSR count). The summed E-state index contributed by atoms with van der Waals surface area (Å²) in [4.78, 5) is 32.7. The van der Waals surface area contributed by atoms with Gasteiger partial charge in [-0.05, 0) is 66.9 Å². The lowest BCUT2D eigenvalue weighted by molar-refractivity contribution is 0.0704. The van der Waals surface area contributed by atoms with E-state index in [0.717, 1.165) is 49.4 Å². The Morgan fingerprint density at radius 1 is 0.750 bits per heavy atom. The third kappa shape index (κ3) is 5.23. The van der Waals surface area contributed by atoms with Crippen molar-refractivity contribution < 1.29 is 14.3 Å². The van der Waals surface area contributed by atoms with Gasteiger partial charge in [-0.1, -0.05) is 30.3 Å². The molecule has 6 heteroatoms. The predicted octanol–water partition coefficient (Wildman–Crippen LogP) is 4.68. The van der Waals surface area contributed by atoms with Crippen LogP contribution in [0.3, 0.4) is 0 Å². The number of benzene rings is 3. The molecular formula is C30H33N3O3. The molecule has 1 atom stereocenters. The maximum absolute atomic E-state index is 13.3. The molecule has 36 heavy (non-hydrogen) atoms. The Morgan fingerprint density at radius 2 is 1.47 bits per heavy atom. The van der Waals surface area contributed by atoms with Gasteiger partial charge < -0.3 is 19.4 Å². The minimum absolute atomic E-state index is 0.0471. The molecule has 2 aliphatic rings. The first kappa shape index (κ1) is 23.9. The molecule has 0 spiro atoms.